The van der Waals surface area contributed by atoms with Crippen molar-refractivity contribution in [3.8, 4) is 0 Å². The van der Waals surface area contributed by atoms with E-state index in [9.17, 15) is 10.1 Å². The van der Waals surface area contributed by atoms with Crippen molar-refractivity contribution in [2.75, 3.05) is 6.54 Å². The Balaban J connectivity index is 2.05. The van der Waals surface area contributed by atoms with Crippen LogP contribution in [0.15, 0.2) is 53.5 Å². The van der Waals surface area contributed by atoms with Crippen molar-refractivity contribution in [2.24, 2.45) is 4.99 Å². The first-order valence-corrected chi connectivity index (χ1v) is 6.98. The van der Waals surface area contributed by atoms with Crippen LogP contribution in [0, 0.1) is 17.0 Å². The van der Waals surface area contributed by atoms with E-state index in [4.69, 9.17) is 0 Å². The van der Waals surface area contributed by atoms with Crippen molar-refractivity contribution in [1.29, 1.82) is 0 Å². The Morgan fingerprint density at radius 3 is 2.32 bits per heavy atom. The minimum absolute atomic E-state index is 0.0838. The molecule has 0 radical (unpaired) electrons. The molecule has 2 aromatic carbocycles. The first-order chi connectivity index (χ1) is 10.6. The molecule has 0 amide bonds. The van der Waals surface area contributed by atoms with Gasteiger partial charge in [0.1, 0.15) is 0 Å². The molecule has 0 bridgehead atoms. The van der Waals surface area contributed by atoms with E-state index in [0.29, 0.717) is 6.54 Å². The Hall–Kier alpha value is -2.95. The molecular formula is C17H15N3O2. The van der Waals surface area contributed by atoms with Crippen LogP contribution in [0.4, 0.5) is 5.69 Å². The van der Waals surface area contributed by atoms with Crippen LogP contribution in [-0.2, 0) is 0 Å². The fourth-order valence-corrected chi connectivity index (χ4v) is 2.35. The number of hydrogen-bond donors (Lipinski definition) is 1. The van der Waals surface area contributed by atoms with Gasteiger partial charge in [0, 0.05) is 29.5 Å². The van der Waals surface area contributed by atoms with Gasteiger partial charge in [-0.25, -0.2) is 0 Å². The number of nitro groups is 1. The van der Waals surface area contributed by atoms with E-state index in [1.165, 1.54) is 17.7 Å². The monoisotopic (exact) mass is 293 g/mol. The van der Waals surface area contributed by atoms with Crippen LogP contribution in [0.25, 0.3) is 11.4 Å². The zero-order chi connectivity index (χ0) is 15.5. The Bertz CT molecular complexity index is 759. The summed E-state index contributed by atoms with van der Waals surface area (Å²) in [6, 6.07) is 14.6. The molecule has 110 valence electrons. The minimum atomic E-state index is -0.397. The normalized spacial score (nSPS) is 13.9. The number of aliphatic imine (C=N–C) groups is 1. The summed E-state index contributed by atoms with van der Waals surface area (Å²) >= 11 is 0. The van der Waals surface area contributed by atoms with Crippen LogP contribution in [0.2, 0.25) is 0 Å². The van der Waals surface area contributed by atoms with Crippen LogP contribution >= 0.6 is 0 Å². The molecule has 1 aliphatic rings. The first kappa shape index (κ1) is 14.0. The molecule has 1 aliphatic heterocycles. The molecule has 1 heterocycles. The molecule has 0 atom stereocenters. The molecule has 0 aliphatic carbocycles. The highest BCUT2D eigenvalue weighted by Crippen LogP contribution is 2.28. The molecule has 2 aromatic rings. The van der Waals surface area contributed by atoms with Crippen LogP contribution in [0.3, 0.4) is 0 Å². The summed E-state index contributed by atoms with van der Waals surface area (Å²) in [5.74, 6) is 0. The minimum Gasteiger partial charge on any atom is -0.378 e. The Morgan fingerprint density at radius 1 is 1.05 bits per heavy atom. The van der Waals surface area contributed by atoms with Gasteiger partial charge < -0.3 is 5.32 Å². The Labute approximate surface area is 128 Å². The molecule has 22 heavy (non-hydrogen) atoms. The summed E-state index contributed by atoms with van der Waals surface area (Å²) in [5.41, 5.74) is 4.91. The van der Waals surface area contributed by atoms with Gasteiger partial charge in [-0.3, -0.25) is 15.1 Å². The number of nitrogens with zero attached hydrogens (tertiary/aromatic N) is 2. The summed E-state index contributed by atoms with van der Waals surface area (Å²) in [7, 11) is 0. The highest BCUT2D eigenvalue weighted by molar-refractivity contribution is 5.95. The van der Waals surface area contributed by atoms with Gasteiger partial charge in [-0.15, -0.1) is 0 Å². The lowest BCUT2D eigenvalue weighted by atomic mass is 10.0. The van der Waals surface area contributed by atoms with E-state index in [1.54, 1.807) is 12.1 Å². The summed E-state index contributed by atoms with van der Waals surface area (Å²) < 4.78 is 0. The molecule has 1 N–H and O–H groups in total. The second kappa shape index (κ2) is 5.81. The van der Waals surface area contributed by atoms with E-state index < -0.39 is 4.92 Å². The highest BCUT2D eigenvalue weighted by Gasteiger charge is 2.14. The van der Waals surface area contributed by atoms with Crippen molar-refractivity contribution in [1.82, 2.24) is 5.32 Å². The molecule has 0 aromatic heterocycles. The Morgan fingerprint density at radius 2 is 1.68 bits per heavy atom. The SMILES string of the molecule is Cc1ccc(C2=C(c3ccc([N+](=O)[O-])cc3)NCC=N2)cc1. The van der Waals surface area contributed by atoms with Crippen LogP contribution in [0.1, 0.15) is 16.7 Å². The smallest absolute Gasteiger partial charge is 0.269 e. The number of nitrogens with one attached hydrogen (secondary N) is 1. The lowest BCUT2D eigenvalue weighted by molar-refractivity contribution is -0.384. The van der Waals surface area contributed by atoms with Gasteiger partial charge in [-0.05, 0) is 19.1 Å². The number of benzene rings is 2. The fourth-order valence-electron chi connectivity index (χ4n) is 2.35. The van der Waals surface area contributed by atoms with E-state index in [1.807, 2.05) is 37.4 Å². The molecule has 0 saturated carbocycles. The standard InChI is InChI=1S/C17H15N3O2/c1-12-2-4-13(5-3-12)16-17(19-11-10-18-16)14-6-8-15(9-7-14)20(21)22/h2-10,19H,11H2,1H3. The van der Waals surface area contributed by atoms with Crippen molar-refractivity contribution >= 4 is 23.3 Å². The van der Waals surface area contributed by atoms with Gasteiger partial charge in [0.2, 0.25) is 0 Å². The van der Waals surface area contributed by atoms with Gasteiger partial charge in [-0.1, -0.05) is 29.8 Å². The summed E-state index contributed by atoms with van der Waals surface area (Å²) in [6.07, 6.45) is 1.82. The topological polar surface area (TPSA) is 67.5 Å². The van der Waals surface area contributed by atoms with Gasteiger partial charge >= 0.3 is 0 Å². The number of non-ortho nitro benzene ring substituents is 1. The zero-order valence-corrected chi connectivity index (χ0v) is 12.1. The summed E-state index contributed by atoms with van der Waals surface area (Å²) in [6.45, 7) is 2.68. The van der Waals surface area contributed by atoms with E-state index in [0.717, 1.165) is 22.5 Å². The predicted molar refractivity (Wildman–Crippen MR) is 87.6 cm³/mol. The largest absolute Gasteiger partial charge is 0.378 e. The van der Waals surface area contributed by atoms with Gasteiger partial charge in [0.05, 0.1) is 22.9 Å². The van der Waals surface area contributed by atoms with Gasteiger partial charge in [0.25, 0.3) is 5.69 Å². The van der Waals surface area contributed by atoms with Crippen molar-refractivity contribution in [3.05, 3.63) is 75.3 Å². The maximum absolute atomic E-state index is 10.8. The van der Waals surface area contributed by atoms with Crippen LogP contribution < -0.4 is 5.32 Å². The maximum Gasteiger partial charge on any atom is 0.269 e. The number of nitro benzene ring substituents is 1. The maximum atomic E-state index is 10.8. The molecule has 0 fully saturated rings. The molecule has 5 nitrogen and oxygen atoms in total. The summed E-state index contributed by atoms with van der Waals surface area (Å²) in [5, 5.41) is 14.1. The van der Waals surface area contributed by atoms with Gasteiger partial charge in [-0.2, -0.15) is 0 Å². The molecule has 0 saturated heterocycles. The van der Waals surface area contributed by atoms with E-state index in [2.05, 4.69) is 10.3 Å². The second-order valence-electron chi connectivity index (χ2n) is 5.09. The van der Waals surface area contributed by atoms with Gasteiger partial charge in [0.15, 0.2) is 0 Å². The zero-order valence-electron chi connectivity index (χ0n) is 12.1. The average molecular weight is 293 g/mol. The second-order valence-corrected chi connectivity index (χ2v) is 5.09. The molecular weight excluding hydrogens is 278 g/mol. The van der Waals surface area contributed by atoms with E-state index in [-0.39, 0.29) is 5.69 Å². The number of rotatable bonds is 3. The number of aryl methyl sites for hydroxylation is 1. The lowest BCUT2D eigenvalue weighted by Crippen LogP contribution is -2.19. The van der Waals surface area contributed by atoms with E-state index >= 15 is 0 Å². The van der Waals surface area contributed by atoms with Crippen molar-refractivity contribution < 1.29 is 4.92 Å². The fraction of sp³-hybridized carbons (Fsp3) is 0.118. The van der Waals surface area contributed by atoms with Crippen molar-refractivity contribution in [2.45, 2.75) is 6.92 Å². The molecule has 0 spiro atoms. The number of hydrogen-bond acceptors (Lipinski definition) is 4. The van der Waals surface area contributed by atoms with Crippen LogP contribution in [-0.4, -0.2) is 17.7 Å². The molecule has 5 heteroatoms. The molecule has 3 rings (SSSR count). The quantitative estimate of drug-likeness (QED) is 0.696. The average Bonchev–Trinajstić information content (AvgIpc) is 2.56. The third-order valence-corrected chi connectivity index (χ3v) is 3.52. The Kier molecular flexibility index (Phi) is 3.70. The third kappa shape index (κ3) is 2.74. The first-order valence-electron chi connectivity index (χ1n) is 6.98. The lowest BCUT2D eigenvalue weighted by Gasteiger charge is -2.18. The van der Waals surface area contributed by atoms with Crippen molar-refractivity contribution in [3.63, 3.8) is 0 Å². The van der Waals surface area contributed by atoms with Crippen LogP contribution in [0.5, 0.6) is 0 Å². The predicted octanol–water partition coefficient (Wildman–Crippen LogP) is 3.40. The molecule has 0 unspecified atom stereocenters. The highest BCUT2D eigenvalue weighted by atomic mass is 16.6. The summed E-state index contributed by atoms with van der Waals surface area (Å²) in [4.78, 5) is 14.9. The third-order valence-electron chi connectivity index (χ3n) is 3.52.